The van der Waals surface area contributed by atoms with Crippen LogP contribution >= 0.6 is 11.6 Å². The second-order valence-electron chi connectivity index (χ2n) is 5.41. The van der Waals surface area contributed by atoms with E-state index in [-0.39, 0.29) is 11.6 Å². The molecule has 2 aromatic rings. The third-order valence-electron chi connectivity index (χ3n) is 3.97. The number of nitrogens with zero attached hydrogens (tertiary/aromatic N) is 3. The summed E-state index contributed by atoms with van der Waals surface area (Å²) >= 11 is 6.20. The van der Waals surface area contributed by atoms with Gasteiger partial charge in [0, 0.05) is 22.3 Å². The Labute approximate surface area is 143 Å². The Balaban J connectivity index is 1.96. The first-order chi connectivity index (χ1) is 11.7. The first kappa shape index (κ1) is 14.7. The summed E-state index contributed by atoms with van der Waals surface area (Å²) in [5.41, 5.74) is 8.99. The van der Waals surface area contributed by atoms with Crippen LogP contribution in [-0.4, -0.2) is 24.0 Å². The first-order valence-corrected chi connectivity index (χ1v) is 7.80. The van der Waals surface area contributed by atoms with Gasteiger partial charge >= 0.3 is 0 Å². The van der Waals surface area contributed by atoms with Crippen LogP contribution in [0.3, 0.4) is 0 Å². The molecule has 2 aliphatic heterocycles. The van der Waals surface area contributed by atoms with Crippen LogP contribution in [0.2, 0.25) is 5.02 Å². The maximum atomic E-state index is 12.6. The van der Waals surface area contributed by atoms with Crippen molar-refractivity contribution in [3.05, 3.63) is 76.6 Å². The monoisotopic (exact) mass is 336 g/mol. The lowest BCUT2D eigenvalue weighted by Gasteiger charge is -2.19. The molecule has 2 N–H and O–H groups in total. The fourth-order valence-electron chi connectivity index (χ4n) is 2.90. The predicted octanol–water partition coefficient (Wildman–Crippen LogP) is 2.74. The summed E-state index contributed by atoms with van der Waals surface area (Å²) in [5, 5.41) is 0.582. The van der Waals surface area contributed by atoms with Gasteiger partial charge in [-0.05, 0) is 18.2 Å². The topological polar surface area (TPSA) is 71.0 Å². The average molecular weight is 337 g/mol. The predicted molar refractivity (Wildman–Crippen MR) is 95.6 cm³/mol. The maximum absolute atomic E-state index is 12.6. The smallest absolute Gasteiger partial charge is 0.284 e. The van der Waals surface area contributed by atoms with Gasteiger partial charge in [-0.2, -0.15) is 0 Å². The zero-order valence-electron chi connectivity index (χ0n) is 12.6. The van der Waals surface area contributed by atoms with Gasteiger partial charge < -0.3 is 5.73 Å². The average Bonchev–Trinajstić information content (AvgIpc) is 2.83. The highest BCUT2D eigenvalue weighted by Crippen LogP contribution is 2.33. The maximum Gasteiger partial charge on any atom is 0.284 e. The number of amidine groups is 1. The summed E-state index contributed by atoms with van der Waals surface area (Å²) in [5.74, 6) is 0.312. The van der Waals surface area contributed by atoms with Crippen molar-refractivity contribution in [3.63, 3.8) is 0 Å². The highest BCUT2D eigenvalue weighted by molar-refractivity contribution is 6.34. The van der Waals surface area contributed by atoms with Crippen LogP contribution in [0.4, 0.5) is 5.69 Å². The number of amides is 1. The lowest BCUT2D eigenvalue weighted by atomic mass is 10.00. The Bertz CT molecular complexity index is 931. The molecule has 0 fully saturated rings. The Morgan fingerprint density at radius 1 is 1.17 bits per heavy atom. The molecule has 0 spiro atoms. The van der Waals surface area contributed by atoms with Crippen LogP contribution in [0, 0.1) is 0 Å². The van der Waals surface area contributed by atoms with Gasteiger partial charge in [0.05, 0.1) is 17.9 Å². The molecule has 0 bridgehead atoms. The summed E-state index contributed by atoms with van der Waals surface area (Å²) in [6.45, 7) is 0.291. The lowest BCUT2D eigenvalue weighted by Crippen LogP contribution is -2.33. The minimum atomic E-state index is -0.249. The van der Waals surface area contributed by atoms with E-state index in [1.807, 2.05) is 42.5 Å². The third-order valence-corrected chi connectivity index (χ3v) is 4.20. The van der Waals surface area contributed by atoms with Gasteiger partial charge in [0.1, 0.15) is 11.5 Å². The van der Waals surface area contributed by atoms with Crippen LogP contribution < -0.4 is 10.6 Å². The van der Waals surface area contributed by atoms with Crippen molar-refractivity contribution in [2.24, 2.45) is 15.7 Å². The number of hydrogen-bond acceptors (Lipinski definition) is 4. The van der Waals surface area contributed by atoms with E-state index in [0.717, 1.165) is 16.8 Å². The lowest BCUT2D eigenvalue weighted by molar-refractivity contribution is -0.113. The second kappa shape index (κ2) is 5.62. The van der Waals surface area contributed by atoms with Crippen molar-refractivity contribution in [1.29, 1.82) is 0 Å². The molecule has 0 saturated heterocycles. The van der Waals surface area contributed by atoms with E-state index in [2.05, 4.69) is 9.98 Å². The van der Waals surface area contributed by atoms with E-state index < -0.39 is 0 Å². The van der Waals surface area contributed by atoms with Gasteiger partial charge in [0.2, 0.25) is 0 Å². The molecular formula is C18H13ClN4O. The Morgan fingerprint density at radius 3 is 2.71 bits per heavy atom. The molecule has 2 heterocycles. The molecule has 0 aliphatic carbocycles. The van der Waals surface area contributed by atoms with Crippen molar-refractivity contribution in [1.82, 2.24) is 0 Å². The van der Waals surface area contributed by atoms with E-state index in [4.69, 9.17) is 17.3 Å². The highest BCUT2D eigenvalue weighted by atomic mass is 35.5. The zero-order valence-corrected chi connectivity index (χ0v) is 13.4. The number of benzene rings is 2. The van der Waals surface area contributed by atoms with Gasteiger partial charge in [0.25, 0.3) is 5.91 Å². The van der Waals surface area contributed by atoms with Gasteiger partial charge in [-0.1, -0.05) is 41.9 Å². The minimum Gasteiger partial charge on any atom is -0.403 e. The van der Waals surface area contributed by atoms with Crippen molar-refractivity contribution in [2.75, 3.05) is 11.4 Å². The van der Waals surface area contributed by atoms with E-state index in [1.54, 1.807) is 11.0 Å². The molecule has 24 heavy (non-hydrogen) atoms. The van der Waals surface area contributed by atoms with E-state index >= 15 is 0 Å². The van der Waals surface area contributed by atoms with Crippen LogP contribution in [0.15, 0.2) is 70.4 Å². The van der Waals surface area contributed by atoms with E-state index in [9.17, 15) is 4.79 Å². The second-order valence-corrected chi connectivity index (χ2v) is 5.85. The molecule has 0 atom stereocenters. The number of halogens is 1. The molecule has 0 aromatic heterocycles. The molecule has 0 unspecified atom stereocenters. The summed E-state index contributed by atoms with van der Waals surface area (Å²) in [4.78, 5) is 23.1. The molecule has 6 heteroatoms. The Kier molecular flexibility index (Phi) is 3.43. The van der Waals surface area contributed by atoms with Crippen molar-refractivity contribution < 1.29 is 4.79 Å². The number of anilines is 1. The summed E-state index contributed by atoms with van der Waals surface area (Å²) in [6.07, 6.45) is 1.22. The molecule has 0 saturated carbocycles. The molecule has 4 rings (SSSR count). The SMILES string of the molecule is NC=C1N=C2CN=C(c3ccccc3)c3cc(Cl)ccc3N2C1=O. The summed E-state index contributed by atoms with van der Waals surface area (Å²) in [6, 6.07) is 15.2. The molecular weight excluding hydrogens is 324 g/mol. The number of aliphatic imine (C=N–C) groups is 2. The number of rotatable bonds is 1. The molecule has 0 radical (unpaired) electrons. The largest absolute Gasteiger partial charge is 0.403 e. The van der Waals surface area contributed by atoms with Gasteiger partial charge in [-0.3, -0.25) is 14.7 Å². The fourth-order valence-corrected chi connectivity index (χ4v) is 3.07. The summed E-state index contributed by atoms with van der Waals surface area (Å²) in [7, 11) is 0. The number of fused-ring (bicyclic) bond motifs is 3. The first-order valence-electron chi connectivity index (χ1n) is 7.43. The van der Waals surface area contributed by atoms with Crippen LogP contribution in [0.25, 0.3) is 0 Å². The number of carbonyl (C=O) groups is 1. The third kappa shape index (κ3) is 2.21. The fraction of sp³-hybridized carbons (Fsp3) is 0.0556. The van der Waals surface area contributed by atoms with Crippen molar-refractivity contribution in [2.45, 2.75) is 0 Å². The normalized spacial score (nSPS) is 18.0. The zero-order chi connectivity index (χ0) is 16.7. The van der Waals surface area contributed by atoms with Gasteiger partial charge in [-0.25, -0.2) is 4.99 Å². The Hall–Kier alpha value is -2.92. The van der Waals surface area contributed by atoms with E-state index in [0.29, 0.717) is 23.1 Å². The van der Waals surface area contributed by atoms with Crippen LogP contribution in [-0.2, 0) is 4.79 Å². The molecule has 1 amide bonds. The molecule has 118 valence electrons. The highest BCUT2D eigenvalue weighted by Gasteiger charge is 2.35. The van der Waals surface area contributed by atoms with Gasteiger partial charge in [0.15, 0.2) is 0 Å². The standard InChI is InChI=1S/C18H13ClN4O/c19-12-6-7-15-13(8-12)17(11-4-2-1-3-5-11)21-10-16-22-14(9-20)18(24)23(15)16/h1-9H,10,20H2. The summed E-state index contributed by atoms with van der Waals surface area (Å²) < 4.78 is 0. The van der Waals surface area contributed by atoms with Crippen LogP contribution in [0.5, 0.6) is 0 Å². The van der Waals surface area contributed by atoms with Gasteiger partial charge in [-0.15, -0.1) is 0 Å². The van der Waals surface area contributed by atoms with E-state index in [1.165, 1.54) is 6.20 Å². The van der Waals surface area contributed by atoms with Crippen molar-refractivity contribution >= 4 is 34.7 Å². The minimum absolute atomic E-state index is 0.226. The quantitative estimate of drug-likeness (QED) is 0.813. The number of nitrogens with two attached hydrogens (primary N) is 1. The number of hydrogen-bond donors (Lipinski definition) is 1. The molecule has 2 aliphatic rings. The van der Waals surface area contributed by atoms with Crippen molar-refractivity contribution in [3.8, 4) is 0 Å². The number of carbonyl (C=O) groups excluding carboxylic acids is 1. The molecule has 2 aromatic carbocycles. The Morgan fingerprint density at radius 2 is 1.96 bits per heavy atom. The van der Waals surface area contributed by atoms with Crippen LogP contribution in [0.1, 0.15) is 11.1 Å². The molecule has 5 nitrogen and oxygen atoms in total.